The van der Waals surface area contributed by atoms with Crippen LogP contribution in [0.5, 0.6) is 0 Å². The van der Waals surface area contributed by atoms with Gasteiger partial charge in [0.05, 0.1) is 5.41 Å². The lowest BCUT2D eigenvalue weighted by molar-refractivity contribution is -0.132. The van der Waals surface area contributed by atoms with Crippen LogP contribution < -0.4 is 10.6 Å². The number of nitrogens with one attached hydrogen (secondary N) is 2. The van der Waals surface area contributed by atoms with E-state index in [1.54, 1.807) is 6.20 Å². The molecule has 0 saturated carbocycles. The van der Waals surface area contributed by atoms with Crippen molar-refractivity contribution in [1.29, 1.82) is 0 Å². The highest BCUT2D eigenvalue weighted by Crippen LogP contribution is 2.34. The minimum absolute atomic E-state index is 0.170. The minimum Gasteiger partial charge on any atom is -0.351 e. The van der Waals surface area contributed by atoms with Crippen LogP contribution in [0, 0.1) is 18.3 Å². The Labute approximate surface area is 115 Å². The molecule has 1 aromatic rings. The fraction of sp³-hybridized carbons (Fsp3) is 0.600. The minimum atomic E-state index is -0.249. The van der Waals surface area contributed by atoms with Crippen LogP contribution in [0.4, 0.5) is 0 Å². The van der Waals surface area contributed by atoms with E-state index in [4.69, 9.17) is 0 Å². The summed E-state index contributed by atoms with van der Waals surface area (Å²) in [7, 11) is 0. The summed E-state index contributed by atoms with van der Waals surface area (Å²) in [5, 5.41) is 6.41. The summed E-state index contributed by atoms with van der Waals surface area (Å²) < 4.78 is 0. The molecule has 0 bridgehead atoms. The van der Waals surface area contributed by atoms with Crippen LogP contribution in [0.25, 0.3) is 0 Å². The molecule has 19 heavy (non-hydrogen) atoms. The van der Waals surface area contributed by atoms with Gasteiger partial charge in [0, 0.05) is 25.5 Å². The molecule has 0 aliphatic carbocycles. The Morgan fingerprint density at radius 2 is 2.37 bits per heavy atom. The van der Waals surface area contributed by atoms with E-state index in [0.717, 1.165) is 30.6 Å². The second-order valence-electron chi connectivity index (χ2n) is 5.72. The van der Waals surface area contributed by atoms with Crippen molar-refractivity contribution >= 4 is 5.91 Å². The Hall–Kier alpha value is -1.42. The van der Waals surface area contributed by atoms with Gasteiger partial charge in [0.1, 0.15) is 0 Å². The summed E-state index contributed by atoms with van der Waals surface area (Å²) in [6, 6.07) is 1.96. The monoisotopic (exact) mass is 261 g/mol. The third-order valence-electron chi connectivity index (χ3n) is 4.32. The second-order valence-corrected chi connectivity index (χ2v) is 5.72. The molecule has 1 aliphatic rings. The van der Waals surface area contributed by atoms with Gasteiger partial charge in [0.2, 0.25) is 5.91 Å². The molecule has 2 N–H and O–H groups in total. The molecule has 1 fully saturated rings. The normalized spacial score (nSPS) is 22.7. The number of aromatic nitrogens is 1. The fourth-order valence-electron chi connectivity index (χ4n) is 2.71. The largest absolute Gasteiger partial charge is 0.351 e. The molecule has 2 rings (SSSR count). The maximum Gasteiger partial charge on any atom is 0.228 e. The lowest BCUT2D eigenvalue weighted by Crippen LogP contribution is -2.45. The van der Waals surface area contributed by atoms with Crippen molar-refractivity contribution in [2.45, 2.75) is 33.7 Å². The van der Waals surface area contributed by atoms with Crippen molar-refractivity contribution in [3.63, 3.8) is 0 Å². The maximum absolute atomic E-state index is 12.5. The van der Waals surface area contributed by atoms with E-state index in [-0.39, 0.29) is 11.3 Å². The Morgan fingerprint density at radius 3 is 2.95 bits per heavy atom. The average Bonchev–Trinajstić information content (AvgIpc) is 2.88. The molecule has 1 unspecified atom stereocenters. The first-order valence-corrected chi connectivity index (χ1v) is 6.95. The van der Waals surface area contributed by atoms with Gasteiger partial charge in [0.25, 0.3) is 0 Å². The van der Waals surface area contributed by atoms with Crippen molar-refractivity contribution in [3.05, 3.63) is 29.6 Å². The van der Waals surface area contributed by atoms with Crippen LogP contribution in [-0.4, -0.2) is 24.0 Å². The van der Waals surface area contributed by atoms with E-state index >= 15 is 0 Å². The summed E-state index contributed by atoms with van der Waals surface area (Å²) >= 11 is 0. The van der Waals surface area contributed by atoms with Crippen LogP contribution >= 0.6 is 0 Å². The molecular weight excluding hydrogens is 238 g/mol. The standard InChI is InChI=1S/C15H23N3O/c1-11(2)15(5-7-17-10-15)14(19)18-9-13-4-6-16-8-12(13)3/h4,6,8,11,17H,5,7,9-10H2,1-3H3,(H,18,19). The second kappa shape index (κ2) is 5.70. The molecule has 104 valence electrons. The van der Waals surface area contributed by atoms with E-state index in [1.165, 1.54) is 0 Å². The number of carbonyl (C=O) groups is 1. The number of aryl methyl sites for hydroxylation is 1. The van der Waals surface area contributed by atoms with Crippen molar-refractivity contribution in [3.8, 4) is 0 Å². The van der Waals surface area contributed by atoms with Gasteiger partial charge in [-0.05, 0) is 43.0 Å². The smallest absolute Gasteiger partial charge is 0.228 e. The lowest BCUT2D eigenvalue weighted by atomic mass is 9.75. The van der Waals surface area contributed by atoms with Gasteiger partial charge in [-0.15, -0.1) is 0 Å². The molecule has 2 heterocycles. The number of nitrogens with zero attached hydrogens (tertiary/aromatic N) is 1. The molecule has 1 atom stereocenters. The Kier molecular flexibility index (Phi) is 4.20. The van der Waals surface area contributed by atoms with Crippen molar-refractivity contribution in [2.75, 3.05) is 13.1 Å². The lowest BCUT2D eigenvalue weighted by Gasteiger charge is -2.31. The zero-order valence-electron chi connectivity index (χ0n) is 12.0. The summed E-state index contributed by atoms with van der Waals surface area (Å²) in [4.78, 5) is 16.6. The molecule has 1 aliphatic heterocycles. The summed E-state index contributed by atoms with van der Waals surface area (Å²) in [6.07, 6.45) is 4.52. The Balaban J connectivity index is 2.03. The number of rotatable bonds is 4. The number of hydrogen-bond acceptors (Lipinski definition) is 3. The first-order chi connectivity index (χ1) is 9.06. The summed E-state index contributed by atoms with van der Waals surface area (Å²) in [5.41, 5.74) is 2.00. The molecule has 1 amide bonds. The third kappa shape index (κ3) is 2.78. The topological polar surface area (TPSA) is 54.0 Å². The third-order valence-corrected chi connectivity index (χ3v) is 4.32. The van der Waals surface area contributed by atoms with Gasteiger partial charge in [-0.25, -0.2) is 0 Å². The molecule has 0 spiro atoms. The summed E-state index contributed by atoms with van der Waals surface area (Å²) in [6.45, 7) is 8.58. The maximum atomic E-state index is 12.5. The molecule has 4 nitrogen and oxygen atoms in total. The fourth-order valence-corrected chi connectivity index (χ4v) is 2.71. The Bertz CT molecular complexity index is 450. The first kappa shape index (κ1) is 14.0. The number of carbonyl (C=O) groups excluding carboxylic acids is 1. The van der Waals surface area contributed by atoms with E-state index in [0.29, 0.717) is 12.5 Å². The van der Waals surface area contributed by atoms with Gasteiger partial charge in [-0.1, -0.05) is 13.8 Å². The van der Waals surface area contributed by atoms with Gasteiger partial charge in [-0.2, -0.15) is 0 Å². The zero-order chi connectivity index (χ0) is 13.9. The van der Waals surface area contributed by atoms with Crippen molar-refractivity contribution in [2.24, 2.45) is 11.3 Å². The highest BCUT2D eigenvalue weighted by atomic mass is 16.2. The molecule has 0 aromatic carbocycles. The number of amides is 1. The number of pyridine rings is 1. The predicted octanol–water partition coefficient (Wildman–Crippen LogP) is 1.64. The molecule has 1 saturated heterocycles. The van der Waals surface area contributed by atoms with E-state index in [2.05, 4.69) is 29.5 Å². The molecule has 4 heteroatoms. The molecule has 1 aromatic heterocycles. The van der Waals surface area contributed by atoms with E-state index in [9.17, 15) is 4.79 Å². The van der Waals surface area contributed by atoms with Gasteiger partial charge >= 0.3 is 0 Å². The molecule has 0 radical (unpaired) electrons. The van der Waals surface area contributed by atoms with E-state index < -0.39 is 0 Å². The highest BCUT2D eigenvalue weighted by Gasteiger charge is 2.43. The Morgan fingerprint density at radius 1 is 1.58 bits per heavy atom. The zero-order valence-corrected chi connectivity index (χ0v) is 12.0. The quantitative estimate of drug-likeness (QED) is 0.866. The van der Waals surface area contributed by atoms with Crippen LogP contribution in [0.15, 0.2) is 18.5 Å². The molecular formula is C15H23N3O. The van der Waals surface area contributed by atoms with Crippen LogP contribution in [0.3, 0.4) is 0 Å². The van der Waals surface area contributed by atoms with Crippen LogP contribution in [-0.2, 0) is 11.3 Å². The van der Waals surface area contributed by atoms with Gasteiger partial charge < -0.3 is 10.6 Å². The van der Waals surface area contributed by atoms with Gasteiger partial charge in [0.15, 0.2) is 0 Å². The predicted molar refractivity (Wildman–Crippen MR) is 75.6 cm³/mol. The first-order valence-electron chi connectivity index (χ1n) is 6.95. The SMILES string of the molecule is Cc1cnccc1CNC(=O)C1(C(C)C)CCNC1. The van der Waals surface area contributed by atoms with E-state index in [1.807, 2.05) is 19.2 Å². The van der Waals surface area contributed by atoms with Crippen LogP contribution in [0.2, 0.25) is 0 Å². The van der Waals surface area contributed by atoms with Crippen LogP contribution in [0.1, 0.15) is 31.4 Å². The van der Waals surface area contributed by atoms with Crippen molar-refractivity contribution in [1.82, 2.24) is 15.6 Å². The number of hydrogen-bond donors (Lipinski definition) is 2. The van der Waals surface area contributed by atoms with Gasteiger partial charge in [-0.3, -0.25) is 9.78 Å². The van der Waals surface area contributed by atoms with Crippen molar-refractivity contribution < 1.29 is 4.79 Å². The average molecular weight is 261 g/mol. The summed E-state index contributed by atoms with van der Waals surface area (Å²) in [5.74, 6) is 0.518. The highest BCUT2D eigenvalue weighted by molar-refractivity contribution is 5.83.